The number of carbonyl (C=O) groups is 4. The molecule has 5 unspecified atom stereocenters. The Balaban J connectivity index is 3.45. The molecule has 0 bridgehead atoms. The van der Waals surface area contributed by atoms with Gasteiger partial charge in [-0.3, -0.25) is 19.2 Å². The number of benzene rings is 1. The van der Waals surface area contributed by atoms with Crippen molar-refractivity contribution in [1.82, 2.24) is 0 Å². The van der Waals surface area contributed by atoms with Crippen LogP contribution in [0, 0.1) is 17.8 Å². The van der Waals surface area contributed by atoms with E-state index in [2.05, 4.69) is 0 Å². The second kappa shape index (κ2) is 16.1. The molecule has 1 aromatic rings. The highest BCUT2D eigenvalue weighted by atomic mass is 16.6. The van der Waals surface area contributed by atoms with Crippen molar-refractivity contribution in [3.63, 3.8) is 0 Å². The van der Waals surface area contributed by atoms with E-state index in [9.17, 15) is 24.3 Å². The summed E-state index contributed by atoms with van der Waals surface area (Å²) >= 11 is 0. The van der Waals surface area contributed by atoms with Crippen LogP contribution in [-0.2, 0) is 23.9 Å². The van der Waals surface area contributed by atoms with Crippen LogP contribution in [0.15, 0.2) is 18.2 Å². The number of rotatable bonds is 16. The number of hydrogen-bond acceptors (Lipinski definition) is 8. The van der Waals surface area contributed by atoms with Crippen molar-refractivity contribution in [3.05, 3.63) is 23.8 Å². The van der Waals surface area contributed by atoms with Crippen LogP contribution >= 0.6 is 0 Å². The Hall–Kier alpha value is -2.94. The normalized spacial score (nSPS) is 15.9. The van der Waals surface area contributed by atoms with E-state index in [1.165, 1.54) is 12.1 Å². The van der Waals surface area contributed by atoms with Gasteiger partial charge in [0.25, 0.3) is 0 Å². The first kappa shape index (κ1) is 33.1. The van der Waals surface area contributed by atoms with Gasteiger partial charge in [-0.15, -0.1) is 0 Å². The Morgan fingerprint density at radius 3 is 1.84 bits per heavy atom. The van der Waals surface area contributed by atoms with Crippen molar-refractivity contribution in [1.29, 1.82) is 0 Å². The predicted molar refractivity (Wildman–Crippen MR) is 144 cm³/mol. The molecule has 0 saturated carbocycles. The molecule has 9 nitrogen and oxygen atoms in total. The highest BCUT2D eigenvalue weighted by molar-refractivity contribution is 5.77. The summed E-state index contributed by atoms with van der Waals surface area (Å²) in [5.41, 5.74) is 6.57. The smallest absolute Gasteiger partial charge is 0.321 e. The Morgan fingerprint density at radius 1 is 0.842 bits per heavy atom. The maximum atomic E-state index is 12.7. The molecule has 0 aliphatic carbocycles. The number of carbonyl (C=O) groups excluding carboxylic acids is 3. The summed E-state index contributed by atoms with van der Waals surface area (Å²) in [4.78, 5) is 49.2. The molecule has 1 rings (SSSR count). The number of carboxylic acid groups (broad SMARTS) is 1. The average molecular weight is 536 g/mol. The third-order valence-corrected chi connectivity index (χ3v) is 6.97. The Labute approximate surface area is 226 Å². The Kier molecular flexibility index (Phi) is 14.0. The van der Waals surface area contributed by atoms with Crippen molar-refractivity contribution in [2.24, 2.45) is 23.5 Å². The van der Waals surface area contributed by atoms with E-state index < -0.39 is 41.9 Å². The average Bonchev–Trinajstić information content (AvgIpc) is 2.85. The van der Waals surface area contributed by atoms with Crippen molar-refractivity contribution >= 4 is 23.9 Å². The van der Waals surface area contributed by atoms with Crippen molar-refractivity contribution in [2.45, 2.75) is 105 Å². The quantitative estimate of drug-likeness (QED) is 0.215. The van der Waals surface area contributed by atoms with Crippen LogP contribution in [0.3, 0.4) is 0 Å². The minimum absolute atomic E-state index is 0.0127. The molecule has 3 N–H and O–H groups in total. The maximum absolute atomic E-state index is 12.7. The molecule has 6 atom stereocenters. The number of aliphatic carboxylic acids is 1. The van der Waals surface area contributed by atoms with Gasteiger partial charge in [0.2, 0.25) is 0 Å². The van der Waals surface area contributed by atoms with Crippen molar-refractivity contribution in [3.8, 4) is 11.5 Å². The summed E-state index contributed by atoms with van der Waals surface area (Å²) in [7, 11) is 0. The molecule has 9 heteroatoms. The summed E-state index contributed by atoms with van der Waals surface area (Å²) in [6, 6.07) is 3.24. The first-order chi connectivity index (χ1) is 17.8. The number of nitrogens with two attached hydrogens (primary N) is 1. The van der Waals surface area contributed by atoms with Crippen LogP contribution in [0.1, 0.15) is 98.5 Å². The van der Waals surface area contributed by atoms with Gasteiger partial charge in [0.05, 0.1) is 0 Å². The molecule has 0 spiro atoms. The monoisotopic (exact) mass is 535 g/mol. The van der Waals surface area contributed by atoms with Gasteiger partial charge in [0.1, 0.15) is 12.1 Å². The second-order valence-corrected chi connectivity index (χ2v) is 10.3. The fraction of sp³-hybridized carbons (Fsp3) is 0.655. The largest absolute Gasteiger partial charge is 0.480 e. The number of hydrogen-bond donors (Lipinski definition) is 2. The molecular formula is C29H45NO8. The van der Waals surface area contributed by atoms with Gasteiger partial charge in [-0.25, -0.2) is 0 Å². The second-order valence-electron chi connectivity index (χ2n) is 10.3. The standard InChI is InChI=1S/C29H45NO8/c1-8-11-24(31)36-20(7)19(6)27(28(30)29(34)35)21-12-13-22(37-25(32)14-17(4)9-2)23(16-21)38-26(33)15-18(5)10-3/h12-13,16-20,27-28H,8-11,14-15,30H2,1-7H3,(H,34,35)/t17?,18?,19?,20?,27?,28-/m0/s1. The lowest BCUT2D eigenvalue weighted by molar-refractivity contribution is -0.151. The summed E-state index contributed by atoms with van der Waals surface area (Å²) in [5.74, 6) is -3.57. The van der Waals surface area contributed by atoms with E-state index in [1.54, 1.807) is 19.9 Å². The fourth-order valence-corrected chi connectivity index (χ4v) is 3.94. The highest BCUT2D eigenvalue weighted by Gasteiger charge is 2.35. The summed E-state index contributed by atoms with van der Waals surface area (Å²) in [6.45, 7) is 13.1. The summed E-state index contributed by atoms with van der Waals surface area (Å²) < 4.78 is 16.7. The Morgan fingerprint density at radius 2 is 1.37 bits per heavy atom. The van der Waals surface area contributed by atoms with E-state index in [1.807, 2.05) is 34.6 Å². The summed E-state index contributed by atoms with van der Waals surface area (Å²) in [6.07, 6.45) is 2.20. The fourth-order valence-electron chi connectivity index (χ4n) is 3.94. The number of ether oxygens (including phenoxy) is 3. The third kappa shape index (κ3) is 10.4. The van der Waals surface area contributed by atoms with Gasteiger partial charge in [-0.1, -0.05) is 60.5 Å². The molecule has 0 aliphatic rings. The molecule has 0 radical (unpaired) electrons. The van der Waals surface area contributed by atoms with Crippen LogP contribution in [0.5, 0.6) is 11.5 Å². The molecule has 1 aromatic carbocycles. The molecule has 0 fully saturated rings. The molecule has 0 saturated heterocycles. The van der Waals surface area contributed by atoms with Crippen LogP contribution in [0.25, 0.3) is 0 Å². The number of carboxylic acids is 1. The lowest BCUT2D eigenvalue weighted by atomic mass is 9.79. The molecule has 214 valence electrons. The van der Waals surface area contributed by atoms with Crippen molar-refractivity contribution < 1.29 is 38.5 Å². The highest BCUT2D eigenvalue weighted by Crippen LogP contribution is 2.37. The maximum Gasteiger partial charge on any atom is 0.321 e. The van der Waals surface area contributed by atoms with E-state index in [-0.39, 0.29) is 48.6 Å². The van der Waals surface area contributed by atoms with Gasteiger partial charge >= 0.3 is 23.9 Å². The van der Waals surface area contributed by atoms with E-state index in [0.717, 1.165) is 12.8 Å². The van der Waals surface area contributed by atoms with Crippen molar-refractivity contribution in [2.75, 3.05) is 0 Å². The van der Waals surface area contributed by atoms with Crippen LogP contribution in [-0.4, -0.2) is 41.1 Å². The molecule has 0 amide bonds. The first-order valence-electron chi connectivity index (χ1n) is 13.6. The van der Waals surface area contributed by atoms with Crippen LogP contribution < -0.4 is 15.2 Å². The molecule has 0 aliphatic heterocycles. The topological polar surface area (TPSA) is 142 Å². The van der Waals surface area contributed by atoms with E-state index in [0.29, 0.717) is 12.0 Å². The molecule has 0 aromatic heterocycles. The SMILES string of the molecule is CCCC(=O)OC(C)C(C)C(c1ccc(OC(=O)CC(C)CC)c(OC(=O)CC(C)CC)c1)[C@H](N)C(=O)O. The first-order valence-corrected chi connectivity index (χ1v) is 13.6. The van der Waals surface area contributed by atoms with Crippen LogP contribution in [0.2, 0.25) is 0 Å². The molecular weight excluding hydrogens is 490 g/mol. The minimum atomic E-state index is -1.33. The minimum Gasteiger partial charge on any atom is -0.480 e. The van der Waals surface area contributed by atoms with Gasteiger partial charge in [-0.2, -0.15) is 0 Å². The lowest BCUT2D eigenvalue weighted by Crippen LogP contribution is -2.42. The zero-order valence-corrected chi connectivity index (χ0v) is 23.8. The zero-order chi connectivity index (χ0) is 29.0. The number of esters is 3. The van der Waals surface area contributed by atoms with Gasteiger partial charge in [-0.05, 0) is 42.9 Å². The zero-order valence-electron chi connectivity index (χ0n) is 23.8. The van der Waals surface area contributed by atoms with Gasteiger partial charge < -0.3 is 25.1 Å². The Bertz CT molecular complexity index is 947. The lowest BCUT2D eigenvalue weighted by Gasteiger charge is -2.32. The summed E-state index contributed by atoms with van der Waals surface area (Å²) in [5, 5.41) is 9.74. The van der Waals surface area contributed by atoms with Crippen LogP contribution in [0.4, 0.5) is 0 Å². The molecule has 38 heavy (non-hydrogen) atoms. The van der Waals surface area contributed by atoms with E-state index >= 15 is 0 Å². The molecule has 0 heterocycles. The van der Waals surface area contributed by atoms with E-state index in [4.69, 9.17) is 19.9 Å². The third-order valence-electron chi connectivity index (χ3n) is 6.97. The van der Waals surface area contributed by atoms with Gasteiger partial charge in [0.15, 0.2) is 11.5 Å². The van der Waals surface area contributed by atoms with Gasteiger partial charge in [0, 0.05) is 31.1 Å². The predicted octanol–water partition coefficient (Wildman–Crippen LogP) is 5.23.